The molecule has 74 heavy (non-hydrogen) atoms. The molecule has 1 amide bonds. The normalized spacial score (nSPS) is 13.8. The van der Waals surface area contributed by atoms with Gasteiger partial charge in [0.2, 0.25) is 5.91 Å². The Balaban J connectivity index is 4.03. The number of phosphoric ester groups is 1. The zero-order valence-electron chi connectivity index (χ0n) is 50.6. The topological polar surface area (TPSA) is 108 Å². The minimum atomic E-state index is -4.57. The van der Waals surface area contributed by atoms with E-state index in [-0.39, 0.29) is 19.1 Å². The highest BCUT2D eigenvalue weighted by atomic mass is 31.2. The molecule has 0 heterocycles. The van der Waals surface area contributed by atoms with Crippen molar-refractivity contribution in [2.75, 3.05) is 40.9 Å². The molecule has 0 radical (unpaired) electrons. The van der Waals surface area contributed by atoms with Gasteiger partial charge in [0, 0.05) is 6.42 Å². The van der Waals surface area contributed by atoms with Crippen molar-refractivity contribution in [3.05, 3.63) is 12.2 Å². The lowest BCUT2D eigenvalue weighted by Crippen LogP contribution is -2.46. The van der Waals surface area contributed by atoms with E-state index in [4.69, 9.17) is 9.05 Å². The van der Waals surface area contributed by atoms with E-state index in [1.165, 1.54) is 283 Å². The second-order valence-corrected chi connectivity index (χ2v) is 25.6. The largest absolute Gasteiger partial charge is 0.756 e. The van der Waals surface area contributed by atoms with Crippen LogP contribution in [0.3, 0.4) is 0 Å². The van der Waals surface area contributed by atoms with Crippen LogP contribution in [0.1, 0.15) is 348 Å². The SMILES string of the molecule is CCCCCCCCCCCCCC/C=C\CCCCCCCCCCCCCCCCC(=O)NC(COP(=O)([O-])OCC[N+](C)(C)C)C(O)CCCCCCCCCCCCCCCCCCCCCCCC. The van der Waals surface area contributed by atoms with Crippen LogP contribution in [0.15, 0.2) is 12.2 Å². The predicted molar refractivity (Wildman–Crippen MR) is 321 cm³/mol. The third-order valence-corrected chi connectivity index (χ3v) is 16.5. The molecule has 0 aliphatic carbocycles. The van der Waals surface area contributed by atoms with Crippen LogP contribution in [-0.2, 0) is 18.4 Å². The van der Waals surface area contributed by atoms with Gasteiger partial charge in [-0.3, -0.25) is 9.36 Å². The lowest BCUT2D eigenvalue weighted by atomic mass is 10.0. The molecule has 0 aliphatic heterocycles. The molecule has 0 bridgehead atoms. The van der Waals surface area contributed by atoms with Gasteiger partial charge in [-0.25, -0.2) is 0 Å². The lowest BCUT2D eigenvalue weighted by molar-refractivity contribution is -0.870. The Kier molecular flexibility index (Phi) is 56.4. The third-order valence-electron chi connectivity index (χ3n) is 15.5. The standard InChI is InChI=1S/C65H131N2O6P/c1-6-8-10-12-14-16-18-20-22-24-26-28-30-31-32-33-34-35-36-37-39-41-43-45-47-49-51-53-55-57-59-65(69)66-63(62-73-74(70,71)72-61-60-67(3,4)5)64(68)58-56-54-52-50-48-46-44-42-40-38-29-27-25-23-21-19-17-15-13-11-9-7-2/h31-32,63-64,68H,6-30,33-62H2,1-5H3,(H-,66,69,70,71)/b32-31-. The monoisotopic (exact) mass is 1070 g/mol. The Morgan fingerprint density at radius 3 is 1.05 bits per heavy atom. The van der Waals surface area contributed by atoms with Crippen LogP contribution in [0.4, 0.5) is 0 Å². The molecule has 0 spiro atoms. The molecule has 0 aromatic carbocycles. The average molecular weight is 1070 g/mol. The number of quaternary nitrogens is 1. The first-order valence-corrected chi connectivity index (χ1v) is 34.5. The van der Waals surface area contributed by atoms with Crippen molar-refractivity contribution in [3.63, 3.8) is 0 Å². The number of nitrogens with one attached hydrogen (secondary N) is 1. The first-order chi connectivity index (χ1) is 36.0. The molecule has 0 fully saturated rings. The highest BCUT2D eigenvalue weighted by Crippen LogP contribution is 2.38. The molecule has 3 unspecified atom stereocenters. The lowest BCUT2D eigenvalue weighted by Gasteiger charge is -2.30. The van der Waals surface area contributed by atoms with Crippen molar-refractivity contribution in [3.8, 4) is 0 Å². The number of likely N-dealkylation sites (N-methyl/N-ethyl adjacent to an activating group) is 1. The van der Waals surface area contributed by atoms with E-state index in [0.29, 0.717) is 23.9 Å². The fourth-order valence-corrected chi connectivity index (χ4v) is 11.1. The minimum Gasteiger partial charge on any atom is -0.756 e. The number of aliphatic hydroxyl groups is 1. The van der Waals surface area contributed by atoms with E-state index in [2.05, 4.69) is 31.3 Å². The molecule has 9 heteroatoms. The maximum Gasteiger partial charge on any atom is 0.268 e. The van der Waals surface area contributed by atoms with Crippen molar-refractivity contribution >= 4 is 13.7 Å². The average Bonchev–Trinajstić information content (AvgIpc) is 3.36. The van der Waals surface area contributed by atoms with Crippen LogP contribution in [0, 0.1) is 0 Å². The highest BCUT2D eigenvalue weighted by molar-refractivity contribution is 7.45. The second-order valence-electron chi connectivity index (χ2n) is 24.2. The van der Waals surface area contributed by atoms with Gasteiger partial charge in [0.1, 0.15) is 13.2 Å². The number of hydrogen-bond donors (Lipinski definition) is 2. The maximum atomic E-state index is 13.0. The Morgan fingerprint density at radius 2 is 0.743 bits per heavy atom. The Bertz CT molecular complexity index is 1210. The van der Waals surface area contributed by atoms with Gasteiger partial charge in [0.15, 0.2) is 0 Å². The van der Waals surface area contributed by atoms with Crippen LogP contribution in [0.2, 0.25) is 0 Å². The number of unbranched alkanes of at least 4 members (excludes halogenated alkanes) is 47. The van der Waals surface area contributed by atoms with E-state index >= 15 is 0 Å². The Morgan fingerprint density at radius 1 is 0.459 bits per heavy atom. The number of aliphatic hydroxyl groups excluding tert-OH is 1. The molecule has 3 atom stereocenters. The maximum absolute atomic E-state index is 13.0. The van der Waals surface area contributed by atoms with Crippen LogP contribution in [0.25, 0.3) is 0 Å². The summed E-state index contributed by atoms with van der Waals surface area (Å²) in [4.78, 5) is 25.6. The van der Waals surface area contributed by atoms with E-state index in [1.807, 2.05) is 21.1 Å². The van der Waals surface area contributed by atoms with Gasteiger partial charge in [-0.1, -0.05) is 315 Å². The van der Waals surface area contributed by atoms with Crippen molar-refractivity contribution in [2.24, 2.45) is 0 Å². The first-order valence-electron chi connectivity index (χ1n) is 33.0. The summed E-state index contributed by atoms with van der Waals surface area (Å²) in [5.74, 6) is -0.157. The summed E-state index contributed by atoms with van der Waals surface area (Å²) in [6.45, 7) is 4.79. The van der Waals surface area contributed by atoms with Crippen molar-refractivity contribution < 1.29 is 32.9 Å². The predicted octanol–water partition coefficient (Wildman–Crippen LogP) is 19.9. The van der Waals surface area contributed by atoms with Crippen molar-refractivity contribution in [1.29, 1.82) is 0 Å². The molecular weight excluding hydrogens is 936 g/mol. The van der Waals surface area contributed by atoms with Gasteiger partial charge in [0.05, 0.1) is 39.9 Å². The number of nitrogens with zero attached hydrogens (tertiary/aromatic N) is 1. The van der Waals surface area contributed by atoms with E-state index < -0.39 is 20.0 Å². The van der Waals surface area contributed by atoms with Gasteiger partial charge in [-0.15, -0.1) is 0 Å². The van der Waals surface area contributed by atoms with Crippen molar-refractivity contribution in [2.45, 2.75) is 360 Å². The molecule has 0 saturated heterocycles. The highest BCUT2D eigenvalue weighted by Gasteiger charge is 2.24. The Hall–Kier alpha value is -0.760. The zero-order chi connectivity index (χ0) is 54.2. The number of allylic oxidation sites excluding steroid dienone is 2. The summed E-state index contributed by atoms with van der Waals surface area (Å²) < 4.78 is 23.5. The number of hydrogen-bond acceptors (Lipinski definition) is 6. The Labute approximate surface area is 462 Å². The van der Waals surface area contributed by atoms with Crippen LogP contribution in [-0.4, -0.2) is 68.5 Å². The van der Waals surface area contributed by atoms with E-state index in [9.17, 15) is 19.4 Å². The molecule has 2 N–H and O–H groups in total. The number of carbonyl (C=O) groups excluding carboxylic acids is 1. The molecule has 0 aromatic rings. The van der Waals surface area contributed by atoms with Crippen LogP contribution >= 0.6 is 7.82 Å². The van der Waals surface area contributed by atoms with Gasteiger partial charge in [-0.05, 0) is 38.5 Å². The van der Waals surface area contributed by atoms with Crippen LogP contribution in [0.5, 0.6) is 0 Å². The quantitative estimate of drug-likeness (QED) is 0.0272. The van der Waals surface area contributed by atoms with Crippen molar-refractivity contribution in [1.82, 2.24) is 5.32 Å². The number of rotatable bonds is 62. The summed E-state index contributed by atoms with van der Waals surface area (Å²) in [5, 5.41) is 14.1. The van der Waals surface area contributed by atoms with Gasteiger partial charge >= 0.3 is 0 Å². The molecule has 0 aromatic heterocycles. The van der Waals surface area contributed by atoms with Gasteiger partial charge in [0.25, 0.3) is 7.82 Å². The summed E-state index contributed by atoms with van der Waals surface area (Å²) in [6.07, 6.45) is 71.3. The molecule has 0 rings (SSSR count). The summed E-state index contributed by atoms with van der Waals surface area (Å²) in [7, 11) is 1.32. The van der Waals surface area contributed by atoms with E-state index in [0.717, 1.165) is 38.5 Å². The summed E-state index contributed by atoms with van der Waals surface area (Å²) >= 11 is 0. The zero-order valence-corrected chi connectivity index (χ0v) is 51.5. The molecule has 442 valence electrons. The molecular formula is C65H131N2O6P. The number of amides is 1. The molecule has 0 saturated carbocycles. The number of phosphoric acid groups is 1. The minimum absolute atomic E-state index is 0.0153. The molecule has 8 nitrogen and oxygen atoms in total. The van der Waals surface area contributed by atoms with Gasteiger partial charge in [-0.2, -0.15) is 0 Å². The smallest absolute Gasteiger partial charge is 0.268 e. The third kappa shape index (κ3) is 58.9. The number of carbonyl (C=O) groups is 1. The summed E-state index contributed by atoms with van der Waals surface area (Å²) in [5.41, 5.74) is 0. The fourth-order valence-electron chi connectivity index (χ4n) is 10.3. The molecule has 0 aliphatic rings. The summed E-state index contributed by atoms with van der Waals surface area (Å²) in [6, 6.07) is -0.798. The van der Waals surface area contributed by atoms with Crippen LogP contribution < -0.4 is 10.2 Å². The second kappa shape index (κ2) is 56.9. The fraction of sp³-hybridized carbons (Fsp3) is 0.954. The first kappa shape index (κ1) is 73.2. The van der Waals surface area contributed by atoms with Gasteiger partial charge < -0.3 is 28.8 Å². The van der Waals surface area contributed by atoms with E-state index in [1.54, 1.807) is 0 Å².